The van der Waals surface area contributed by atoms with Crippen LogP contribution in [0.15, 0.2) is 23.3 Å². The van der Waals surface area contributed by atoms with E-state index >= 15 is 0 Å². The van der Waals surface area contributed by atoms with Gasteiger partial charge in [0, 0.05) is 13.2 Å². The van der Waals surface area contributed by atoms with Crippen molar-refractivity contribution < 1.29 is 10.2 Å². The topological polar surface area (TPSA) is 40.5 Å². The second-order valence-electron chi connectivity index (χ2n) is 3.98. The van der Waals surface area contributed by atoms with Gasteiger partial charge in [-0.25, -0.2) is 0 Å². The maximum Gasteiger partial charge on any atom is 0.0465 e. The Morgan fingerprint density at radius 3 is 2.07 bits per heavy atom. The zero-order chi connectivity index (χ0) is 11.5. The highest BCUT2D eigenvalue weighted by molar-refractivity contribution is 5.03. The lowest BCUT2D eigenvalue weighted by atomic mass is 10.1. The first kappa shape index (κ1) is 14.4. The van der Waals surface area contributed by atoms with Crippen LogP contribution in [0.2, 0.25) is 0 Å². The molecule has 2 heteroatoms. The summed E-state index contributed by atoms with van der Waals surface area (Å²) in [6.07, 6.45) is 9.08. The van der Waals surface area contributed by atoms with Gasteiger partial charge in [-0.3, -0.25) is 0 Å². The van der Waals surface area contributed by atoms with E-state index in [0.717, 1.165) is 32.1 Å². The Balaban J connectivity index is 3.66. The van der Waals surface area contributed by atoms with Crippen molar-refractivity contribution in [1.82, 2.24) is 0 Å². The Morgan fingerprint density at radius 1 is 0.867 bits per heavy atom. The molecule has 0 aromatic heterocycles. The molecule has 0 aliphatic carbocycles. The highest BCUT2D eigenvalue weighted by Gasteiger charge is 1.91. The molecule has 0 unspecified atom stereocenters. The molecule has 0 spiro atoms. The van der Waals surface area contributed by atoms with Crippen LogP contribution in [0.5, 0.6) is 0 Å². The van der Waals surface area contributed by atoms with Crippen molar-refractivity contribution in [3.8, 4) is 0 Å². The van der Waals surface area contributed by atoms with Gasteiger partial charge in [0.1, 0.15) is 0 Å². The molecule has 0 amide bonds. The maximum atomic E-state index is 8.67. The smallest absolute Gasteiger partial charge is 0.0465 e. The summed E-state index contributed by atoms with van der Waals surface area (Å²) >= 11 is 0. The maximum absolute atomic E-state index is 8.67. The quantitative estimate of drug-likeness (QED) is 0.607. The summed E-state index contributed by atoms with van der Waals surface area (Å²) in [4.78, 5) is 0. The second-order valence-corrected chi connectivity index (χ2v) is 3.98. The molecule has 0 saturated heterocycles. The Bertz CT molecular complexity index is 205. The average Bonchev–Trinajstić information content (AvgIpc) is 2.23. The van der Waals surface area contributed by atoms with E-state index in [1.54, 1.807) is 0 Å². The molecule has 88 valence electrons. The number of aliphatic hydroxyl groups excluding tert-OH is 2. The van der Waals surface area contributed by atoms with E-state index in [9.17, 15) is 0 Å². The molecule has 0 heterocycles. The molecule has 2 N–H and O–H groups in total. The predicted octanol–water partition coefficient (Wildman–Crippen LogP) is 2.81. The number of allylic oxidation sites excluding steroid dienone is 3. The van der Waals surface area contributed by atoms with Gasteiger partial charge in [0.25, 0.3) is 0 Å². The van der Waals surface area contributed by atoms with Crippen LogP contribution in [0, 0.1) is 0 Å². The number of rotatable bonds is 8. The molecular formula is C13H24O2. The molecule has 0 aromatic carbocycles. The van der Waals surface area contributed by atoms with E-state index in [4.69, 9.17) is 10.2 Å². The number of hydrogen-bond acceptors (Lipinski definition) is 2. The Hall–Kier alpha value is -0.600. The summed E-state index contributed by atoms with van der Waals surface area (Å²) in [6, 6.07) is 0. The van der Waals surface area contributed by atoms with Crippen LogP contribution in [-0.2, 0) is 0 Å². The first-order valence-corrected chi connectivity index (χ1v) is 5.73. The minimum Gasteiger partial charge on any atom is -0.396 e. The van der Waals surface area contributed by atoms with Gasteiger partial charge in [-0.2, -0.15) is 0 Å². The van der Waals surface area contributed by atoms with Gasteiger partial charge in [-0.15, -0.1) is 0 Å². The fourth-order valence-corrected chi connectivity index (χ4v) is 1.42. The van der Waals surface area contributed by atoms with Crippen molar-refractivity contribution >= 4 is 0 Å². The van der Waals surface area contributed by atoms with Crippen LogP contribution in [0.1, 0.15) is 46.0 Å². The first-order valence-electron chi connectivity index (χ1n) is 5.73. The lowest BCUT2D eigenvalue weighted by Crippen LogP contribution is -1.85. The zero-order valence-corrected chi connectivity index (χ0v) is 10.00. The monoisotopic (exact) mass is 212 g/mol. The van der Waals surface area contributed by atoms with Gasteiger partial charge in [-0.1, -0.05) is 23.3 Å². The summed E-state index contributed by atoms with van der Waals surface area (Å²) in [5.41, 5.74) is 2.70. The third-order valence-electron chi connectivity index (χ3n) is 2.38. The van der Waals surface area contributed by atoms with E-state index in [2.05, 4.69) is 26.0 Å². The minimum atomic E-state index is 0.239. The van der Waals surface area contributed by atoms with Crippen LogP contribution in [0.25, 0.3) is 0 Å². The normalized spacial score (nSPS) is 13.3. The second kappa shape index (κ2) is 9.94. The van der Waals surface area contributed by atoms with E-state index in [-0.39, 0.29) is 13.2 Å². The van der Waals surface area contributed by atoms with Gasteiger partial charge >= 0.3 is 0 Å². The summed E-state index contributed by atoms with van der Waals surface area (Å²) < 4.78 is 0. The number of aliphatic hydroxyl groups is 2. The van der Waals surface area contributed by atoms with Crippen molar-refractivity contribution in [1.29, 1.82) is 0 Å². The first-order chi connectivity index (χ1) is 7.20. The van der Waals surface area contributed by atoms with Crippen LogP contribution >= 0.6 is 0 Å². The molecule has 2 nitrogen and oxygen atoms in total. The minimum absolute atomic E-state index is 0.239. The molecule has 0 aliphatic rings. The fraction of sp³-hybridized carbons (Fsp3) is 0.692. The van der Waals surface area contributed by atoms with E-state index in [0.29, 0.717) is 0 Å². The van der Waals surface area contributed by atoms with Gasteiger partial charge in [-0.05, 0) is 46.0 Å². The van der Waals surface area contributed by atoms with E-state index in [1.165, 1.54) is 11.1 Å². The average molecular weight is 212 g/mol. The number of hydrogen-bond donors (Lipinski definition) is 2. The highest BCUT2D eigenvalue weighted by Crippen LogP contribution is 2.10. The molecule has 0 atom stereocenters. The van der Waals surface area contributed by atoms with Gasteiger partial charge in [0.15, 0.2) is 0 Å². The Labute approximate surface area is 93.3 Å². The highest BCUT2D eigenvalue weighted by atomic mass is 16.3. The molecule has 0 fully saturated rings. The van der Waals surface area contributed by atoms with Crippen molar-refractivity contribution in [3.05, 3.63) is 23.3 Å². The van der Waals surface area contributed by atoms with E-state index in [1.807, 2.05) is 0 Å². The Kier molecular flexibility index (Phi) is 9.54. The lowest BCUT2D eigenvalue weighted by Gasteiger charge is -2.01. The molecule has 0 radical (unpaired) electrons. The van der Waals surface area contributed by atoms with Gasteiger partial charge < -0.3 is 10.2 Å². The van der Waals surface area contributed by atoms with Crippen molar-refractivity contribution in [2.75, 3.05) is 13.2 Å². The molecule has 0 saturated carbocycles. The molecule has 0 aromatic rings. The Morgan fingerprint density at radius 2 is 1.47 bits per heavy atom. The molecular weight excluding hydrogens is 188 g/mol. The van der Waals surface area contributed by atoms with Crippen molar-refractivity contribution in [2.24, 2.45) is 0 Å². The third-order valence-corrected chi connectivity index (χ3v) is 2.38. The van der Waals surface area contributed by atoms with Crippen molar-refractivity contribution in [3.63, 3.8) is 0 Å². The van der Waals surface area contributed by atoms with Gasteiger partial charge in [0.05, 0.1) is 0 Å². The molecule has 0 rings (SSSR count). The molecule has 0 aliphatic heterocycles. The largest absolute Gasteiger partial charge is 0.396 e. The van der Waals surface area contributed by atoms with Gasteiger partial charge in [0.2, 0.25) is 0 Å². The SMILES string of the molecule is C/C(=C\CCO)CC/C=C(\C)CCCO. The molecule has 15 heavy (non-hydrogen) atoms. The molecule has 0 bridgehead atoms. The lowest BCUT2D eigenvalue weighted by molar-refractivity contribution is 0.288. The van der Waals surface area contributed by atoms with Crippen LogP contribution in [-0.4, -0.2) is 23.4 Å². The van der Waals surface area contributed by atoms with Crippen LogP contribution < -0.4 is 0 Å². The fourth-order valence-electron chi connectivity index (χ4n) is 1.42. The summed E-state index contributed by atoms with van der Waals surface area (Å²) in [5.74, 6) is 0. The van der Waals surface area contributed by atoms with Crippen molar-refractivity contribution in [2.45, 2.75) is 46.0 Å². The third kappa shape index (κ3) is 9.70. The standard InChI is InChI=1S/C13H24O2/c1-12(8-4-10-14)6-3-7-13(2)9-5-11-15/h6,9,14-15H,3-5,7-8,10-11H2,1-2H3/b12-6+,13-9+. The summed E-state index contributed by atoms with van der Waals surface area (Å²) in [5, 5.41) is 17.3. The van der Waals surface area contributed by atoms with Crippen LogP contribution in [0.4, 0.5) is 0 Å². The zero-order valence-electron chi connectivity index (χ0n) is 10.00. The van der Waals surface area contributed by atoms with Crippen LogP contribution in [0.3, 0.4) is 0 Å². The summed E-state index contributed by atoms with van der Waals surface area (Å²) in [7, 11) is 0. The van der Waals surface area contributed by atoms with E-state index < -0.39 is 0 Å². The predicted molar refractivity (Wildman–Crippen MR) is 64.8 cm³/mol. The summed E-state index contributed by atoms with van der Waals surface area (Å²) in [6.45, 7) is 4.73.